The summed E-state index contributed by atoms with van der Waals surface area (Å²) in [7, 11) is 1.81. The number of ketones is 1. The van der Waals surface area contributed by atoms with E-state index < -0.39 is 0 Å². The van der Waals surface area contributed by atoms with Gasteiger partial charge in [-0.2, -0.15) is 10.4 Å². The minimum Gasteiger partial charge on any atom is -0.294 e. The van der Waals surface area contributed by atoms with Gasteiger partial charge in [0.15, 0.2) is 5.78 Å². The molecule has 1 aromatic rings. The van der Waals surface area contributed by atoms with Crippen molar-refractivity contribution in [1.82, 2.24) is 9.78 Å². The predicted octanol–water partition coefficient (Wildman–Crippen LogP) is 2.11. The van der Waals surface area contributed by atoms with Gasteiger partial charge in [0.2, 0.25) is 0 Å². The van der Waals surface area contributed by atoms with Gasteiger partial charge >= 0.3 is 0 Å². The van der Waals surface area contributed by atoms with E-state index in [1.54, 1.807) is 17.9 Å². The van der Waals surface area contributed by atoms with Gasteiger partial charge in [0.1, 0.15) is 0 Å². The van der Waals surface area contributed by atoms with E-state index in [9.17, 15) is 4.79 Å². The van der Waals surface area contributed by atoms with Crippen molar-refractivity contribution in [2.45, 2.75) is 33.1 Å². The predicted molar refractivity (Wildman–Crippen MR) is 60.9 cm³/mol. The van der Waals surface area contributed by atoms with E-state index in [1.165, 1.54) is 0 Å². The molecular weight excluding hydrogens is 202 g/mol. The Kier molecular flexibility index (Phi) is 4.24. The first-order chi connectivity index (χ1) is 7.63. The van der Waals surface area contributed by atoms with Crippen LogP contribution >= 0.6 is 0 Å². The first-order valence-corrected chi connectivity index (χ1v) is 5.57. The van der Waals surface area contributed by atoms with Crippen molar-refractivity contribution in [2.75, 3.05) is 0 Å². The number of Topliss-reactive ketones (excluding diaryl/α,β-unsaturated/α-hetero) is 1. The Morgan fingerprint density at radius 2 is 2.31 bits per heavy atom. The molecule has 0 amide bonds. The zero-order chi connectivity index (χ0) is 12.1. The molecule has 86 valence electrons. The van der Waals surface area contributed by atoms with Crippen molar-refractivity contribution in [3.8, 4) is 6.07 Å². The highest BCUT2D eigenvalue weighted by atomic mass is 16.1. The molecule has 4 nitrogen and oxygen atoms in total. The summed E-state index contributed by atoms with van der Waals surface area (Å²) in [6, 6.07) is 2.07. The maximum Gasteiger partial charge on any atom is 0.170 e. The molecule has 1 rings (SSSR count). The summed E-state index contributed by atoms with van der Waals surface area (Å²) >= 11 is 0. The molecule has 0 radical (unpaired) electrons. The molecule has 1 unspecified atom stereocenters. The minimum absolute atomic E-state index is 0.0500. The molecule has 1 heterocycles. The van der Waals surface area contributed by atoms with Crippen molar-refractivity contribution >= 4 is 5.78 Å². The van der Waals surface area contributed by atoms with E-state index >= 15 is 0 Å². The van der Waals surface area contributed by atoms with Crippen molar-refractivity contribution in [3.05, 3.63) is 17.5 Å². The lowest BCUT2D eigenvalue weighted by Crippen LogP contribution is -2.14. The van der Waals surface area contributed by atoms with Crippen LogP contribution in [-0.4, -0.2) is 15.6 Å². The lowest BCUT2D eigenvalue weighted by molar-refractivity contribution is 0.0917. The molecule has 0 aliphatic carbocycles. The van der Waals surface area contributed by atoms with Gasteiger partial charge in [-0.1, -0.05) is 13.8 Å². The number of hydrogen-bond acceptors (Lipinski definition) is 3. The maximum absolute atomic E-state index is 12.2. The van der Waals surface area contributed by atoms with Crippen molar-refractivity contribution < 1.29 is 4.79 Å². The van der Waals surface area contributed by atoms with Crippen molar-refractivity contribution in [2.24, 2.45) is 13.0 Å². The van der Waals surface area contributed by atoms with Gasteiger partial charge in [0.05, 0.1) is 17.3 Å². The molecule has 0 aliphatic rings. The molecule has 16 heavy (non-hydrogen) atoms. The number of nitrogens with zero attached hydrogens (tertiary/aromatic N) is 3. The monoisotopic (exact) mass is 219 g/mol. The molecule has 0 aromatic carbocycles. The Labute approximate surface area is 95.9 Å². The molecule has 0 aliphatic heterocycles. The maximum atomic E-state index is 12.2. The summed E-state index contributed by atoms with van der Waals surface area (Å²) < 4.78 is 1.66. The van der Waals surface area contributed by atoms with E-state index in [2.05, 4.69) is 11.2 Å². The zero-order valence-corrected chi connectivity index (χ0v) is 10.0. The van der Waals surface area contributed by atoms with Gasteiger partial charge in [-0.3, -0.25) is 9.48 Å². The Morgan fingerprint density at radius 1 is 1.62 bits per heavy atom. The zero-order valence-electron chi connectivity index (χ0n) is 10.0. The molecule has 4 heteroatoms. The SMILES string of the molecule is CCc1nn(C)cc1C(=O)C(CC)CC#N. The van der Waals surface area contributed by atoms with E-state index in [-0.39, 0.29) is 18.1 Å². The molecule has 0 N–H and O–H groups in total. The van der Waals surface area contributed by atoms with Gasteiger partial charge in [-0.25, -0.2) is 0 Å². The number of rotatable bonds is 5. The van der Waals surface area contributed by atoms with Crippen molar-refractivity contribution in [3.63, 3.8) is 0 Å². The van der Waals surface area contributed by atoms with Crippen molar-refractivity contribution in [1.29, 1.82) is 5.26 Å². The lowest BCUT2D eigenvalue weighted by atomic mass is 9.93. The average molecular weight is 219 g/mol. The van der Waals surface area contributed by atoms with Gasteiger partial charge in [-0.05, 0) is 12.8 Å². The van der Waals surface area contributed by atoms with Crippen LogP contribution in [0.5, 0.6) is 0 Å². The topological polar surface area (TPSA) is 58.7 Å². The first-order valence-electron chi connectivity index (χ1n) is 5.57. The molecule has 0 bridgehead atoms. The second-order valence-corrected chi connectivity index (χ2v) is 3.85. The average Bonchev–Trinajstić information content (AvgIpc) is 2.66. The highest BCUT2D eigenvalue weighted by Crippen LogP contribution is 2.18. The molecule has 1 aromatic heterocycles. The molecule has 1 atom stereocenters. The fraction of sp³-hybridized carbons (Fsp3) is 0.583. The summed E-state index contributed by atoms with van der Waals surface area (Å²) in [6.45, 7) is 3.91. The summed E-state index contributed by atoms with van der Waals surface area (Å²) in [5, 5.41) is 12.9. The number of nitriles is 1. The Morgan fingerprint density at radius 3 is 2.81 bits per heavy atom. The minimum atomic E-state index is -0.195. The second-order valence-electron chi connectivity index (χ2n) is 3.85. The fourth-order valence-corrected chi connectivity index (χ4v) is 1.75. The largest absolute Gasteiger partial charge is 0.294 e. The van der Waals surface area contributed by atoms with E-state index in [4.69, 9.17) is 5.26 Å². The van der Waals surface area contributed by atoms with Crippen LogP contribution in [0.15, 0.2) is 6.20 Å². The summed E-state index contributed by atoms with van der Waals surface area (Å²) in [5.74, 6) is -0.145. The number of carbonyl (C=O) groups excluding carboxylic acids is 1. The Balaban J connectivity index is 2.98. The molecular formula is C12H17N3O. The van der Waals surface area contributed by atoms with Crippen LogP contribution in [0.4, 0.5) is 0 Å². The standard InChI is InChI=1S/C12H17N3O/c1-4-9(6-7-13)12(16)10-8-15(3)14-11(10)5-2/h8-9H,4-6H2,1-3H3. The number of hydrogen-bond donors (Lipinski definition) is 0. The molecule has 0 fully saturated rings. The van der Waals surface area contributed by atoms with Crippen LogP contribution in [-0.2, 0) is 13.5 Å². The van der Waals surface area contributed by atoms with E-state index in [1.807, 2.05) is 13.8 Å². The summed E-state index contributed by atoms with van der Waals surface area (Å²) in [4.78, 5) is 12.2. The number of aryl methyl sites for hydroxylation is 2. The third-order valence-corrected chi connectivity index (χ3v) is 2.71. The molecule has 0 spiro atoms. The number of carbonyl (C=O) groups is 1. The van der Waals surface area contributed by atoms with E-state index in [0.717, 1.165) is 12.1 Å². The summed E-state index contributed by atoms with van der Waals surface area (Å²) in [6.07, 6.45) is 3.48. The quantitative estimate of drug-likeness (QED) is 0.712. The van der Waals surface area contributed by atoms with E-state index in [0.29, 0.717) is 12.0 Å². The fourth-order valence-electron chi connectivity index (χ4n) is 1.75. The third kappa shape index (κ3) is 2.48. The van der Waals surface area contributed by atoms with Crippen LogP contribution in [0.3, 0.4) is 0 Å². The van der Waals surface area contributed by atoms with Crippen LogP contribution < -0.4 is 0 Å². The third-order valence-electron chi connectivity index (χ3n) is 2.71. The highest BCUT2D eigenvalue weighted by molar-refractivity contribution is 5.98. The van der Waals surface area contributed by atoms with Crippen LogP contribution in [0.1, 0.15) is 42.7 Å². The lowest BCUT2D eigenvalue weighted by Gasteiger charge is -2.08. The van der Waals surface area contributed by atoms with Crippen LogP contribution in [0.2, 0.25) is 0 Å². The van der Waals surface area contributed by atoms with Crippen LogP contribution in [0, 0.1) is 17.2 Å². The van der Waals surface area contributed by atoms with Gasteiger partial charge < -0.3 is 0 Å². The highest BCUT2D eigenvalue weighted by Gasteiger charge is 2.22. The smallest absolute Gasteiger partial charge is 0.170 e. The first kappa shape index (κ1) is 12.4. The van der Waals surface area contributed by atoms with Gasteiger partial charge in [0, 0.05) is 25.6 Å². The Hall–Kier alpha value is -1.63. The second kappa shape index (κ2) is 5.45. The molecule has 0 saturated carbocycles. The normalized spacial score (nSPS) is 12.1. The number of aromatic nitrogens is 2. The van der Waals surface area contributed by atoms with Gasteiger partial charge in [-0.15, -0.1) is 0 Å². The van der Waals surface area contributed by atoms with Gasteiger partial charge in [0.25, 0.3) is 0 Å². The van der Waals surface area contributed by atoms with Crippen LogP contribution in [0.25, 0.3) is 0 Å². The molecule has 0 saturated heterocycles. The summed E-state index contributed by atoms with van der Waals surface area (Å²) in [5.41, 5.74) is 1.50. The Bertz CT molecular complexity index is 414.